The fourth-order valence-electron chi connectivity index (χ4n) is 5.62. The number of para-hydroxylation sites is 1. The lowest BCUT2D eigenvalue weighted by Gasteiger charge is -2.43. The molecule has 1 fully saturated rings. The zero-order valence-electron chi connectivity index (χ0n) is 21.9. The van der Waals surface area contributed by atoms with Crippen LogP contribution in [0.5, 0.6) is 0 Å². The summed E-state index contributed by atoms with van der Waals surface area (Å²) in [5.74, 6) is -0.513. The van der Waals surface area contributed by atoms with Crippen LogP contribution in [-0.4, -0.2) is 61.4 Å². The first-order valence-corrected chi connectivity index (χ1v) is 14.8. The van der Waals surface area contributed by atoms with E-state index in [0.717, 1.165) is 24.1 Å². The van der Waals surface area contributed by atoms with E-state index in [0.29, 0.717) is 32.4 Å². The monoisotopic (exact) mass is 526 g/mol. The summed E-state index contributed by atoms with van der Waals surface area (Å²) in [5, 5.41) is 5.38. The second-order valence-electron chi connectivity index (χ2n) is 11.0. The van der Waals surface area contributed by atoms with Crippen LogP contribution in [0.3, 0.4) is 0 Å². The largest absolute Gasteiger partial charge is 0.368 e. The van der Waals surface area contributed by atoms with Gasteiger partial charge in [0.05, 0.1) is 5.54 Å². The fraction of sp³-hybridized carbons (Fsp3) is 0.500. The van der Waals surface area contributed by atoms with Gasteiger partial charge in [0, 0.05) is 30.4 Å². The first kappa shape index (κ1) is 27.1. The van der Waals surface area contributed by atoms with Crippen LogP contribution in [0.15, 0.2) is 54.6 Å². The molecule has 2 aliphatic rings. The molecule has 2 aliphatic heterocycles. The molecule has 1 saturated heterocycles. The quantitative estimate of drug-likeness (QED) is 0.486. The van der Waals surface area contributed by atoms with Crippen LogP contribution in [0.25, 0.3) is 0 Å². The molecule has 1 unspecified atom stereocenters. The Hall–Kier alpha value is -2.91. The summed E-state index contributed by atoms with van der Waals surface area (Å²) < 4.78 is 25.5. The second kappa shape index (κ2) is 10.5. The Morgan fingerprint density at radius 1 is 1.11 bits per heavy atom. The normalized spacial score (nSPS) is 19.7. The Bertz CT molecular complexity index is 1230. The summed E-state index contributed by atoms with van der Waals surface area (Å²) in [7, 11) is -3.39. The van der Waals surface area contributed by atoms with Crippen molar-refractivity contribution in [2.24, 2.45) is 5.73 Å². The standard InChI is InChI=1S/C28H38N4O4S/c1-27(2,29)25(34)30-23(15-9-12-20-10-5-4-6-11-20)24(33)32-18-16-28(17-19-32)21-13-7-8-14-22(21)31-26(28)37(3,35)36/h4-8,10-11,13-14,23,26,31H,9,12,15-19,29H2,1-3H3,(H,30,34)/t23-,26?/m1/s1. The van der Waals surface area contributed by atoms with Gasteiger partial charge in [0.1, 0.15) is 11.4 Å². The Kier molecular flexibility index (Phi) is 7.67. The van der Waals surface area contributed by atoms with Crippen LogP contribution >= 0.6 is 0 Å². The van der Waals surface area contributed by atoms with E-state index < -0.39 is 32.2 Å². The number of hydrogen-bond donors (Lipinski definition) is 3. The summed E-state index contributed by atoms with van der Waals surface area (Å²) in [6.45, 7) is 4.07. The molecule has 2 amide bonds. The average Bonchev–Trinajstić information content (AvgIpc) is 3.18. The molecule has 2 aromatic rings. The Labute approximate surface area is 219 Å². The van der Waals surface area contributed by atoms with Crippen molar-refractivity contribution in [3.05, 3.63) is 65.7 Å². The van der Waals surface area contributed by atoms with Crippen molar-refractivity contribution in [2.45, 2.75) is 68.3 Å². The number of anilines is 1. The zero-order chi connectivity index (χ0) is 26.8. The summed E-state index contributed by atoms with van der Waals surface area (Å²) in [4.78, 5) is 28.1. The van der Waals surface area contributed by atoms with Gasteiger partial charge in [-0.15, -0.1) is 0 Å². The Morgan fingerprint density at radius 3 is 2.35 bits per heavy atom. The summed E-state index contributed by atoms with van der Waals surface area (Å²) in [6, 6.07) is 17.1. The highest BCUT2D eigenvalue weighted by atomic mass is 32.2. The van der Waals surface area contributed by atoms with Crippen molar-refractivity contribution in [2.75, 3.05) is 24.7 Å². The number of carbonyl (C=O) groups is 2. The highest BCUT2D eigenvalue weighted by Crippen LogP contribution is 2.49. The molecule has 9 heteroatoms. The summed E-state index contributed by atoms with van der Waals surface area (Å²) in [6.07, 6.45) is 4.34. The smallest absolute Gasteiger partial charge is 0.245 e. The maximum atomic E-state index is 13.7. The van der Waals surface area contributed by atoms with E-state index in [1.54, 1.807) is 18.7 Å². The maximum absolute atomic E-state index is 13.7. The molecular weight excluding hydrogens is 488 g/mol. The molecule has 2 atom stereocenters. The minimum atomic E-state index is -3.39. The first-order valence-electron chi connectivity index (χ1n) is 12.9. The molecule has 4 rings (SSSR count). The summed E-state index contributed by atoms with van der Waals surface area (Å²) in [5.41, 5.74) is 7.32. The van der Waals surface area contributed by atoms with Crippen molar-refractivity contribution < 1.29 is 18.0 Å². The molecule has 0 saturated carbocycles. The fourth-order valence-corrected chi connectivity index (χ4v) is 7.14. The highest BCUT2D eigenvalue weighted by Gasteiger charge is 2.53. The van der Waals surface area contributed by atoms with E-state index in [9.17, 15) is 18.0 Å². The highest BCUT2D eigenvalue weighted by molar-refractivity contribution is 7.91. The van der Waals surface area contributed by atoms with Crippen LogP contribution in [0, 0.1) is 0 Å². The molecule has 0 bridgehead atoms. The number of rotatable bonds is 8. The Balaban J connectivity index is 1.49. The van der Waals surface area contributed by atoms with Gasteiger partial charge >= 0.3 is 0 Å². The van der Waals surface area contributed by atoms with Crippen LogP contribution in [0.1, 0.15) is 50.7 Å². The molecule has 8 nitrogen and oxygen atoms in total. The third-order valence-corrected chi connectivity index (χ3v) is 9.06. The number of benzene rings is 2. The van der Waals surface area contributed by atoms with Gasteiger partial charge in [0.2, 0.25) is 11.8 Å². The molecule has 0 aromatic heterocycles. The molecule has 2 heterocycles. The topological polar surface area (TPSA) is 122 Å². The lowest BCUT2D eigenvalue weighted by Crippen LogP contribution is -2.58. The average molecular weight is 527 g/mol. The number of carbonyl (C=O) groups excluding carboxylic acids is 2. The van der Waals surface area contributed by atoms with Gasteiger partial charge in [-0.2, -0.15) is 0 Å². The lowest BCUT2D eigenvalue weighted by atomic mass is 9.74. The molecule has 200 valence electrons. The number of piperidine rings is 1. The van der Waals surface area contributed by atoms with Crippen molar-refractivity contribution >= 4 is 27.3 Å². The minimum absolute atomic E-state index is 0.143. The van der Waals surface area contributed by atoms with E-state index in [-0.39, 0.29) is 11.8 Å². The number of nitrogens with zero attached hydrogens (tertiary/aromatic N) is 1. The number of likely N-dealkylation sites (tertiary alicyclic amines) is 1. The van der Waals surface area contributed by atoms with Gasteiger partial charge in [-0.05, 0) is 63.1 Å². The van der Waals surface area contributed by atoms with Gasteiger partial charge in [-0.3, -0.25) is 9.59 Å². The van der Waals surface area contributed by atoms with Crippen LogP contribution < -0.4 is 16.4 Å². The van der Waals surface area contributed by atoms with E-state index in [1.165, 1.54) is 11.8 Å². The van der Waals surface area contributed by atoms with Gasteiger partial charge in [0.15, 0.2) is 9.84 Å². The first-order chi connectivity index (χ1) is 17.4. The molecule has 0 radical (unpaired) electrons. The molecule has 4 N–H and O–H groups in total. The van der Waals surface area contributed by atoms with Crippen molar-refractivity contribution in [3.63, 3.8) is 0 Å². The third kappa shape index (κ3) is 5.83. The SMILES string of the molecule is CC(C)(N)C(=O)N[C@H](CCCc1ccccc1)C(=O)N1CCC2(CC1)c1ccccc1NC2S(C)(=O)=O. The molecular formula is C28H38N4O4S. The lowest BCUT2D eigenvalue weighted by molar-refractivity contribution is -0.139. The second-order valence-corrected chi connectivity index (χ2v) is 13.1. The maximum Gasteiger partial charge on any atom is 0.245 e. The van der Waals surface area contributed by atoms with Crippen LogP contribution in [0.2, 0.25) is 0 Å². The van der Waals surface area contributed by atoms with Crippen molar-refractivity contribution in [1.82, 2.24) is 10.2 Å². The number of amides is 2. The molecule has 37 heavy (non-hydrogen) atoms. The minimum Gasteiger partial charge on any atom is -0.368 e. The molecule has 0 aliphatic carbocycles. The number of nitrogens with one attached hydrogen (secondary N) is 2. The van der Waals surface area contributed by atoms with Gasteiger partial charge in [0.25, 0.3) is 0 Å². The van der Waals surface area contributed by atoms with Crippen LogP contribution in [0.4, 0.5) is 5.69 Å². The van der Waals surface area contributed by atoms with Crippen molar-refractivity contribution in [3.8, 4) is 0 Å². The van der Waals surface area contributed by atoms with Gasteiger partial charge < -0.3 is 21.3 Å². The van der Waals surface area contributed by atoms with Crippen molar-refractivity contribution in [1.29, 1.82) is 0 Å². The number of hydrogen-bond acceptors (Lipinski definition) is 6. The molecule has 1 spiro atoms. The number of aryl methyl sites for hydroxylation is 1. The van der Waals surface area contributed by atoms with E-state index in [4.69, 9.17) is 5.73 Å². The van der Waals surface area contributed by atoms with E-state index >= 15 is 0 Å². The number of sulfone groups is 1. The van der Waals surface area contributed by atoms with E-state index in [2.05, 4.69) is 10.6 Å². The van der Waals surface area contributed by atoms with Gasteiger partial charge in [-0.25, -0.2) is 8.42 Å². The van der Waals surface area contributed by atoms with E-state index in [1.807, 2.05) is 54.6 Å². The predicted molar refractivity (Wildman–Crippen MR) is 146 cm³/mol. The van der Waals surface area contributed by atoms with Crippen LogP contribution in [-0.2, 0) is 31.3 Å². The molecule has 2 aromatic carbocycles. The Morgan fingerprint density at radius 2 is 1.73 bits per heavy atom. The number of fused-ring (bicyclic) bond motifs is 2. The summed E-state index contributed by atoms with van der Waals surface area (Å²) >= 11 is 0. The van der Waals surface area contributed by atoms with Gasteiger partial charge in [-0.1, -0.05) is 48.5 Å². The predicted octanol–water partition coefficient (Wildman–Crippen LogP) is 2.59. The zero-order valence-corrected chi connectivity index (χ0v) is 22.7. The number of nitrogens with two attached hydrogens (primary N) is 1. The third-order valence-electron chi connectivity index (χ3n) is 7.64.